The summed E-state index contributed by atoms with van der Waals surface area (Å²) in [5.74, 6) is 0. The first kappa shape index (κ1) is 13.5. The van der Waals surface area contributed by atoms with Gasteiger partial charge in [0, 0.05) is 0 Å². The summed E-state index contributed by atoms with van der Waals surface area (Å²) in [6, 6.07) is 0. The molecule has 0 unspecified atom stereocenters. The van der Waals surface area contributed by atoms with Crippen LogP contribution >= 0.6 is 0 Å². The van der Waals surface area contributed by atoms with Gasteiger partial charge in [0.05, 0.1) is 26.4 Å². The maximum absolute atomic E-state index is 4.94. The van der Waals surface area contributed by atoms with Crippen molar-refractivity contribution in [3.8, 4) is 0 Å². The van der Waals surface area contributed by atoms with E-state index in [0.29, 0.717) is 0 Å². The lowest BCUT2D eigenvalue weighted by atomic mass is 10.6. The highest BCUT2D eigenvalue weighted by Crippen LogP contribution is 1.85. The molecule has 0 bridgehead atoms. The van der Waals surface area contributed by atoms with Gasteiger partial charge in [0.15, 0.2) is 0 Å². The Labute approximate surface area is 70.9 Å². The van der Waals surface area contributed by atoms with Crippen molar-refractivity contribution in [1.29, 1.82) is 0 Å². The Morgan fingerprint density at radius 3 is 1.09 bits per heavy atom. The maximum atomic E-state index is 4.94. The van der Waals surface area contributed by atoms with E-state index in [4.69, 9.17) is 9.47 Å². The molecule has 70 valence electrons. The molecule has 0 radical (unpaired) electrons. The predicted molar refractivity (Wildman–Crippen MR) is 49.0 cm³/mol. The summed E-state index contributed by atoms with van der Waals surface area (Å²) in [6.45, 7) is 11.4. The molecule has 1 heterocycles. The van der Waals surface area contributed by atoms with Crippen LogP contribution in [0.4, 0.5) is 0 Å². The van der Waals surface area contributed by atoms with Crippen molar-refractivity contribution in [2.24, 2.45) is 0 Å². The molecule has 0 N–H and O–H groups in total. The molecular weight excluding hydrogens is 140 g/mol. The van der Waals surface area contributed by atoms with Gasteiger partial charge in [-0.3, -0.25) is 0 Å². The van der Waals surface area contributed by atoms with Crippen molar-refractivity contribution in [2.75, 3.05) is 26.4 Å². The van der Waals surface area contributed by atoms with E-state index in [9.17, 15) is 0 Å². The third-order valence-electron chi connectivity index (χ3n) is 0.744. The minimum atomic E-state index is 0.778. The third kappa shape index (κ3) is 17.8. The predicted octanol–water partition coefficient (Wildman–Crippen LogP) is 2.48. The molecule has 0 saturated carbocycles. The second kappa shape index (κ2) is 16.5. The molecule has 0 amide bonds. The molecule has 0 aliphatic carbocycles. The minimum Gasteiger partial charge on any atom is -0.377 e. The van der Waals surface area contributed by atoms with Crippen molar-refractivity contribution in [2.45, 2.75) is 34.1 Å². The number of hydrogen-bond acceptors (Lipinski definition) is 2. The third-order valence-corrected chi connectivity index (χ3v) is 0.744. The van der Waals surface area contributed by atoms with E-state index in [1.165, 1.54) is 6.42 Å². The number of rotatable bonds is 0. The van der Waals surface area contributed by atoms with Gasteiger partial charge in [-0.2, -0.15) is 0 Å². The van der Waals surface area contributed by atoms with Gasteiger partial charge in [0.25, 0.3) is 0 Å². The van der Waals surface area contributed by atoms with E-state index in [2.05, 4.69) is 13.8 Å². The molecule has 11 heavy (non-hydrogen) atoms. The lowest BCUT2D eigenvalue weighted by Gasteiger charge is -2.09. The number of hydrogen-bond donors (Lipinski definition) is 0. The van der Waals surface area contributed by atoms with Crippen molar-refractivity contribution < 1.29 is 9.47 Å². The highest BCUT2D eigenvalue weighted by atomic mass is 16.6. The Balaban J connectivity index is 0. The first-order valence-electron chi connectivity index (χ1n) is 4.57. The highest BCUT2D eigenvalue weighted by molar-refractivity contribution is 4.37. The molecule has 1 saturated heterocycles. The summed E-state index contributed by atoms with van der Waals surface area (Å²) in [5.41, 5.74) is 0. The van der Waals surface area contributed by atoms with Crippen LogP contribution in [-0.2, 0) is 9.47 Å². The van der Waals surface area contributed by atoms with Crippen LogP contribution < -0.4 is 0 Å². The quantitative estimate of drug-likeness (QED) is 0.545. The van der Waals surface area contributed by atoms with E-state index in [-0.39, 0.29) is 0 Å². The van der Waals surface area contributed by atoms with Gasteiger partial charge < -0.3 is 9.47 Å². The molecule has 0 aromatic rings. The second-order valence-corrected chi connectivity index (χ2v) is 1.93. The summed E-state index contributed by atoms with van der Waals surface area (Å²) in [6.07, 6.45) is 1.25. The van der Waals surface area contributed by atoms with E-state index in [0.717, 1.165) is 26.4 Å². The fourth-order valence-corrected chi connectivity index (χ4v) is 0.440. The summed E-state index contributed by atoms with van der Waals surface area (Å²) >= 11 is 0. The molecule has 1 aliphatic heterocycles. The molecule has 1 rings (SSSR count). The van der Waals surface area contributed by atoms with Crippen LogP contribution in [0.5, 0.6) is 0 Å². The second-order valence-electron chi connectivity index (χ2n) is 1.93. The summed E-state index contributed by atoms with van der Waals surface area (Å²) < 4.78 is 9.89. The Bertz CT molecular complexity index is 31.3. The molecule has 0 aromatic carbocycles. The minimum absolute atomic E-state index is 0.778. The SMILES string of the molecule is C1COCCO1.CC.CCC. The van der Waals surface area contributed by atoms with Gasteiger partial charge in [-0.15, -0.1) is 0 Å². The summed E-state index contributed by atoms with van der Waals surface area (Å²) in [5, 5.41) is 0. The van der Waals surface area contributed by atoms with Gasteiger partial charge in [-0.05, 0) is 0 Å². The normalized spacial score (nSPS) is 15.3. The van der Waals surface area contributed by atoms with Crippen molar-refractivity contribution in [1.82, 2.24) is 0 Å². The molecule has 1 aliphatic rings. The van der Waals surface area contributed by atoms with Crippen LogP contribution in [-0.4, -0.2) is 26.4 Å². The lowest BCUT2D eigenvalue weighted by Crippen LogP contribution is -2.16. The van der Waals surface area contributed by atoms with Crippen LogP contribution in [0, 0.1) is 0 Å². The zero-order valence-electron chi connectivity index (χ0n) is 8.35. The molecule has 2 nitrogen and oxygen atoms in total. The van der Waals surface area contributed by atoms with Crippen LogP contribution in [0.25, 0.3) is 0 Å². The molecular formula is C9H22O2. The molecule has 0 spiro atoms. The van der Waals surface area contributed by atoms with Crippen molar-refractivity contribution >= 4 is 0 Å². The van der Waals surface area contributed by atoms with Gasteiger partial charge in [-0.25, -0.2) is 0 Å². The van der Waals surface area contributed by atoms with Crippen LogP contribution in [0.3, 0.4) is 0 Å². The average Bonchev–Trinajstić information content (AvgIpc) is 2.12. The van der Waals surface area contributed by atoms with E-state index >= 15 is 0 Å². The van der Waals surface area contributed by atoms with E-state index < -0.39 is 0 Å². The van der Waals surface area contributed by atoms with E-state index in [1.807, 2.05) is 13.8 Å². The fourth-order valence-electron chi connectivity index (χ4n) is 0.440. The van der Waals surface area contributed by atoms with Gasteiger partial charge in [-0.1, -0.05) is 34.1 Å². The standard InChI is InChI=1S/C4H8O2.C3H8.C2H6/c1-2-6-4-3-5-1;1-3-2;1-2/h1-4H2;3H2,1-2H3;1-2H3. The Morgan fingerprint density at radius 1 is 0.818 bits per heavy atom. The zero-order valence-corrected chi connectivity index (χ0v) is 8.35. The smallest absolute Gasteiger partial charge is 0.0701 e. The van der Waals surface area contributed by atoms with Gasteiger partial charge in [0.1, 0.15) is 0 Å². The van der Waals surface area contributed by atoms with Crippen LogP contribution in [0.1, 0.15) is 34.1 Å². The topological polar surface area (TPSA) is 18.5 Å². The van der Waals surface area contributed by atoms with E-state index in [1.54, 1.807) is 0 Å². The lowest BCUT2D eigenvalue weighted by molar-refractivity contribution is -0.0334. The highest BCUT2D eigenvalue weighted by Gasteiger charge is 1.94. The van der Waals surface area contributed by atoms with Crippen molar-refractivity contribution in [3.63, 3.8) is 0 Å². The fraction of sp³-hybridized carbons (Fsp3) is 1.00. The average molecular weight is 162 g/mol. The first-order chi connectivity index (χ1) is 5.41. The Kier molecular flexibility index (Phi) is 20.2. The van der Waals surface area contributed by atoms with Crippen LogP contribution in [0.2, 0.25) is 0 Å². The first-order valence-corrected chi connectivity index (χ1v) is 4.57. The molecule has 1 fully saturated rings. The largest absolute Gasteiger partial charge is 0.377 e. The Morgan fingerprint density at radius 2 is 1.00 bits per heavy atom. The molecule has 0 atom stereocenters. The summed E-state index contributed by atoms with van der Waals surface area (Å²) in [7, 11) is 0. The van der Waals surface area contributed by atoms with Gasteiger partial charge in [0.2, 0.25) is 0 Å². The molecule has 0 aromatic heterocycles. The Hall–Kier alpha value is -0.0800. The van der Waals surface area contributed by atoms with Gasteiger partial charge >= 0.3 is 0 Å². The maximum Gasteiger partial charge on any atom is 0.0701 e. The summed E-state index contributed by atoms with van der Waals surface area (Å²) in [4.78, 5) is 0. The number of ether oxygens (including phenoxy) is 2. The monoisotopic (exact) mass is 162 g/mol. The molecule has 2 heteroatoms. The van der Waals surface area contributed by atoms with Crippen molar-refractivity contribution in [3.05, 3.63) is 0 Å². The van der Waals surface area contributed by atoms with Crippen LogP contribution in [0.15, 0.2) is 0 Å². The zero-order chi connectivity index (χ0) is 8.95.